The van der Waals surface area contributed by atoms with Gasteiger partial charge in [-0.15, -0.1) is 0 Å². The predicted octanol–water partition coefficient (Wildman–Crippen LogP) is 8.68. The highest BCUT2D eigenvalue weighted by atomic mass is 32.2. The molecule has 0 heterocycles. The Bertz CT molecular complexity index is 432. The molecule has 0 radical (unpaired) electrons. The summed E-state index contributed by atoms with van der Waals surface area (Å²) in [5.41, 5.74) is 0. The highest BCUT2D eigenvalue weighted by Crippen LogP contribution is 2.14. The Labute approximate surface area is 194 Å². The van der Waals surface area contributed by atoms with E-state index in [1.165, 1.54) is 83.5 Å². The largest absolute Gasteiger partial charge is 0.344 e. The molecule has 0 atom stereocenters. The summed E-state index contributed by atoms with van der Waals surface area (Å²) < 4.78 is 40.8. The minimum absolute atomic E-state index is 0. The van der Waals surface area contributed by atoms with Crippen molar-refractivity contribution in [2.24, 2.45) is 0 Å². The second-order valence-corrected chi connectivity index (χ2v) is 10.6. The summed E-state index contributed by atoms with van der Waals surface area (Å²) in [7, 11) is -3.36. The van der Waals surface area contributed by atoms with Gasteiger partial charge in [0.15, 0.2) is 0 Å². The van der Waals surface area contributed by atoms with E-state index in [4.69, 9.17) is 4.18 Å². The van der Waals surface area contributed by atoms with Crippen LogP contribution in [0.3, 0.4) is 0 Å². The lowest BCUT2D eigenvalue weighted by Crippen LogP contribution is -2.11. The molecule has 31 heavy (non-hydrogen) atoms. The van der Waals surface area contributed by atoms with Crippen molar-refractivity contribution in [3.63, 3.8) is 0 Å². The zero-order valence-corrected chi connectivity index (χ0v) is 21.5. The third-order valence-electron chi connectivity index (χ3n) is 5.79. The van der Waals surface area contributed by atoms with Crippen molar-refractivity contribution >= 4 is 10.1 Å². The molecule has 0 rings (SSSR count). The standard InChI is InChI=1S/C25H51FO3S.H3N/c1-2-3-4-5-6-7-8-9-10-11-12-13-15-18-21-24-29-30(27,28)25-22-19-16-14-17-20-23-26;/h2-25H2,1H3;1H3. The molecule has 0 aromatic carbocycles. The first-order valence-corrected chi connectivity index (χ1v) is 14.6. The van der Waals surface area contributed by atoms with Crippen LogP contribution in [0.15, 0.2) is 0 Å². The molecule has 3 N–H and O–H groups in total. The van der Waals surface area contributed by atoms with Crippen LogP contribution in [0, 0.1) is 0 Å². The smallest absolute Gasteiger partial charge is 0.267 e. The van der Waals surface area contributed by atoms with E-state index in [0.29, 0.717) is 19.4 Å². The van der Waals surface area contributed by atoms with Gasteiger partial charge in [-0.05, 0) is 19.3 Å². The van der Waals surface area contributed by atoms with E-state index in [1.807, 2.05) is 0 Å². The fraction of sp³-hybridized carbons (Fsp3) is 1.00. The Morgan fingerprint density at radius 1 is 0.548 bits per heavy atom. The Morgan fingerprint density at radius 3 is 1.32 bits per heavy atom. The van der Waals surface area contributed by atoms with Gasteiger partial charge >= 0.3 is 0 Å². The van der Waals surface area contributed by atoms with Gasteiger partial charge in [0.1, 0.15) is 0 Å². The monoisotopic (exact) mass is 467 g/mol. The lowest BCUT2D eigenvalue weighted by molar-refractivity contribution is 0.305. The zero-order valence-electron chi connectivity index (χ0n) is 20.7. The molecular weight excluding hydrogens is 413 g/mol. The normalized spacial score (nSPS) is 11.5. The van der Waals surface area contributed by atoms with Crippen molar-refractivity contribution in [1.29, 1.82) is 0 Å². The van der Waals surface area contributed by atoms with Crippen LogP contribution in [-0.2, 0) is 14.3 Å². The maximum atomic E-state index is 12.0. The van der Waals surface area contributed by atoms with Crippen LogP contribution in [0.4, 0.5) is 4.39 Å². The molecule has 0 fully saturated rings. The lowest BCUT2D eigenvalue weighted by Gasteiger charge is -2.06. The van der Waals surface area contributed by atoms with Crippen molar-refractivity contribution in [2.75, 3.05) is 19.0 Å². The summed E-state index contributed by atoms with van der Waals surface area (Å²) in [6, 6.07) is 0. The first-order valence-electron chi connectivity index (χ1n) is 13.1. The van der Waals surface area contributed by atoms with E-state index in [9.17, 15) is 12.8 Å². The van der Waals surface area contributed by atoms with Crippen LogP contribution in [0.2, 0.25) is 0 Å². The molecular formula is C25H54FNO3S. The average molecular weight is 468 g/mol. The molecule has 0 aliphatic rings. The van der Waals surface area contributed by atoms with E-state index in [2.05, 4.69) is 6.92 Å². The number of hydrogen-bond donors (Lipinski definition) is 1. The van der Waals surface area contributed by atoms with E-state index < -0.39 is 10.1 Å². The van der Waals surface area contributed by atoms with Gasteiger partial charge in [0.05, 0.1) is 19.0 Å². The molecule has 0 saturated heterocycles. The molecule has 0 bridgehead atoms. The maximum absolute atomic E-state index is 12.0. The number of alkyl halides is 1. The summed E-state index contributed by atoms with van der Waals surface area (Å²) in [4.78, 5) is 0. The van der Waals surface area contributed by atoms with Gasteiger partial charge in [-0.3, -0.25) is 8.57 Å². The molecule has 0 saturated carbocycles. The Balaban J connectivity index is 0. The Kier molecular flexibility index (Phi) is 27.7. The second kappa shape index (κ2) is 26.1. The molecule has 0 aliphatic carbocycles. The number of halogens is 1. The number of unbranched alkanes of at least 4 members (excludes halogenated alkanes) is 19. The van der Waals surface area contributed by atoms with E-state index in [-0.39, 0.29) is 18.6 Å². The summed E-state index contributed by atoms with van der Waals surface area (Å²) in [6.45, 7) is 2.35. The molecule has 0 aromatic rings. The third-order valence-corrected chi connectivity index (χ3v) is 7.10. The third kappa shape index (κ3) is 27.8. The summed E-state index contributed by atoms with van der Waals surface area (Å²) >= 11 is 0. The first-order chi connectivity index (χ1) is 14.6. The van der Waals surface area contributed by atoms with Gasteiger partial charge in [0.2, 0.25) is 0 Å². The van der Waals surface area contributed by atoms with Crippen LogP contribution in [-0.4, -0.2) is 27.5 Å². The highest BCUT2D eigenvalue weighted by molar-refractivity contribution is 7.86. The minimum atomic E-state index is -3.36. The number of rotatable bonds is 25. The van der Waals surface area contributed by atoms with Gasteiger partial charge in [-0.1, -0.05) is 122 Å². The van der Waals surface area contributed by atoms with Gasteiger partial charge < -0.3 is 6.15 Å². The molecule has 0 amide bonds. The molecule has 0 aliphatic heterocycles. The van der Waals surface area contributed by atoms with Crippen molar-refractivity contribution in [3.05, 3.63) is 0 Å². The van der Waals surface area contributed by atoms with Crippen molar-refractivity contribution in [3.8, 4) is 0 Å². The van der Waals surface area contributed by atoms with Crippen molar-refractivity contribution in [2.45, 2.75) is 142 Å². The van der Waals surface area contributed by atoms with Crippen LogP contribution in [0.25, 0.3) is 0 Å². The number of hydrogen-bond acceptors (Lipinski definition) is 4. The lowest BCUT2D eigenvalue weighted by atomic mass is 10.0. The van der Waals surface area contributed by atoms with Crippen molar-refractivity contribution in [1.82, 2.24) is 6.15 Å². The molecule has 4 nitrogen and oxygen atoms in total. The second-order valence-electron chi connectivity index (χ2n) is 8.84. The van der Waals surface area contributed by atoms with Crippen LogP contribution >= 0.6 is 0 Å². The molecule has 6 heteroatoms. The maximum Gasteiger partial charge on any atom is 0.267 e. The van der Waals surface area contributed by atoms with E-state index in [1.54, 1.807) is 0 Å². The SMILES string of the molecule is CCCCCCCCCCCCCCCCCOS(=O)(=O)CCCCCCCCF.N. The first kappa shape index (κ1) is 33.0. The van der Waals surface area contributed by atoms with Crippen molar-refractivity contribution < 1.29 is 17.0 Å². The molecule has 0 spiro atoms. The summed E-state index contributed by atoms with van der Waals surface area (Å²) in [6.07, 6.45) is 24.5. The van der Waals surface area contributed by atoms with Gasteiger partial charge in [0.25, 0.3) is 10.1 Å². The fourth-order valence-corrected chi connectivity index (χ4v) is 4.85. The molecule has 190 valence electrons. The zero-order chi connectivity index (χ0) is 22.2. The Hall–Kier alpha value is -0.200. The van der Waals surface area contributed by atoms with Gasteiger partial charge in [-0.25, -0.2) is 0 Å². The quantitative estimate of drug-likeness (QED) is 0.108. The van der Waals surface area contributed by atoms with Gasteiger partial charge in [-0.2, -0.15) is 8.42 Å². The van der Waals surface area contributed by atoms with Crippen LogP contribution in [0.5, 0.6) is 0 Å². The average Bonchev–Trinajstić information content (AvgIpc) is 2.72. The van der Waals surface area contributed by atoms with E-state index in [0.717, 1.165) is 38.5 Å². The molecule has 0 unspecified atom stereocenters. The summed E-state index contributed by atoms with van der Waals surface area (Å²) in [5, 5.41) is 0. The minimum Gasteiger partial charge on any atom is -0.344 e. The van der Waals surface area contributed by atoms with Gasteiger partial charge in [0, 0.05) is 0 Å². The molecule has 0 aromatic heterocycles. The van der Waals surface area contributed by atoms with E-state index >= 15 is 0 Å². The Morgan fingerprint density at radius 2 is 0.903 bits per heavy atom. The van der Waals surface area contributed by atoms with Crippen LogP contribution < -0.4 is 6.15 Å². The highest BCUT2D eigenvalue weighted by Gasteiger charge is 2.10. The topological polar surface area (TPSA) is 78.4 Å². The fourth-order valence-electron chi connectivity index (χ4n) is 3.80. The van der Waals surface area contributed by atoms with Crippen LogP contribution in [0.1, 0.15) is 142 Å². The summed E-state index contributed by atoms with van der Waals surface area (Å²) in [5.74, 6) is 0.120. The predicted molar refractivity (Wildman–Crippen MR) is 133 cm³/mol.